The second kappa shape index (κ2) is 7.84. The van der Waals surface area contributed by atoms with Gasteiger partial charge in [-0.25, -0.2) is 9.48 Å². The largest absolute Gasteiger partial charge is 0.345 e. The average molecular weight is 387 g/mol. The number of hydrogen-bond acceptors (Lipinski definition) is 4. The van der Waals surface area contributed by atoms with Crippen molar-refractivity contribution in [2.45, 2.75) is 50.5 Å². The van der Waals surface area contributed by atoms with Crippen molar-refractivity contribution in [3.63, 3.8) is 0 Å². The summed E-state index contributed by atoms with van der Waals surface area (Å²) in [7, 11) is 1.74. The Hall–Kier alpha value is -2.15. The van der Waals surface area contributed by atoms with Crippen molar-refractivity contribution in [3.8, 4) is 0 Å². The van der Waals surface area contributed by atoms with Gasteiger partial charge < -0.3 is 4.90 Å². The van der Waals surface area contributed by atoms with Crippen LogP contribution in [-0.2, 0) is 11.8 Å². The molecule has 0 spiro atoms. The van der Waals surface area contributed by atoms with Crippen LogP contribution >= 0.6 is 11.3 Å². The number of carbonyl (C=O) groups is 1. The second-order valence-electron chi connectivity index (χ2n) is 7.52. The maximum Gasteiger partial charge on any atom is 0.345 e. The number of likely N-dealkylation sites (tertiary alicyclic amines) is 1. The molecule has 0 N–H and O–H groups in total. The highest BCUT2D eigenvalue weighted by atomic mass is 32.1. The molecule has 1 aliphatic carbocycles. The molecule has 2 aromatic heterocycles. The highest BCUT2D eigenvalue weighted by Crippen LogP contribution is 2.33. The molecule has 0 unspecified atom stereocenters. The molecule has 0 atom stereocenters. The molecule has 3 heterocycles. The topological polar surface area (TPSA) is 60.1 Å². The third-order valence-corrected chi connectivity index (χ3v) is 6.61. The van der Waals surface area contributed by atoms with E-state index in [-0.39, 0.29) is 17.5 Å². The number of aryl methyl sites for hydroxylation is 1. The Morgan fingerprint density at radius 1 is 1.22 bits per heavy atom. The number of hydrogen-bond donors (Lipinski definition) is 0. The second-order valence-corrected chi connectivity index (χ2v) is 8.50. The van der Waals surface area contributed by atoms with Gasteiger partial charge in [0.2, 0.25) is 5.91 Å². The minimum Gasteiger partial charge on any atom is -0.339 e. The molecule has 2 aliphatic rings. The summed E-state index contributed by atoms with van der Waals surface area (Å²) in [4.78, 5) is 28.0. The van der Waals surface area contributed by atoms with Crippen molar-refractivity contribution in [3.05, 3.63) is 44.8 Å². The fourth-order valence-electron chi connectivity index (χ4n) is 4.29. The number of nitrogens with zero attached hydrogens (tertiary/aromatic N) is 4. The van der Waals surface area contributed by atoms with Gasteiger partial charge in [0.15, 0.2) is 0 Å². The molecule has 1 amide bonds. The van der Waals surface area contributed by atoms with Crippen molar-refractivity contribution in [1.82, 2.24) is 19.2 Å². The van der Waals surface area contributed by atoms with Crippen molar-refractivity contribution >= 4 is 23.3 Å². The van der Waals surface area contributed by atoms with Crippen LogP contribution in [0, 0.1) is 0 Å². The highest BCUT2D eigenvalue weighted by molar-refractivity contribution is 7.10. The van der Waals surface area contributed by atoms with Crippen LogP contribution < -0.4 is 5.69 Å². The van der Waals surface area contributed by atoms with Gasteiger partial charge in [-0.3, -0.25) is 9.36 Å². The van der Waals surface area contributed by atoms with Gasteiger partial charge in [0.05, 0.1) is 0 Å². The van der Waals surface area contributed by atoms with Crippen LogP contribution in [0.25, 0.3) is 6.08 Å². The number of aromatic nitrogens is 3. The lowest BCUT2D eigenvalue weighted by atomic mass is 9.95. The molecule has 2 aromatic rings. The van der Waals surface area contributed by atoms with E-state index in [9.17, 15) is 9.59 Å². The lowest BCUT2D eigenvalue weighted by Crippen LogP contribution is -2.38. The first-order valence-electron chi connectivity index (χ1n) is 9.79. The first-order valence-corrected chi connectivity index (χ1v) is 10.7. The number of amides is 1. The molecule has 6 nitrogen and oxygen atoms in total. The third kappa shape index (κ3) is 3.78. The number of piperidine rings is 1. The Balaban J connectivity index is 1.43. The monoisotopic (exact) mass is 386 g/mol. The van der Waals surface area contributed by atoms with Crippen LogP contribution in [0.5, 0.6) is 0 Å². The molecule has 4 rings (SSSR count). The van der Waals surface area contributed by atoms with Gasteiger partial charge in [-0.15, -0.1) is 11.3 Å². The smallest absolute Gasteiger partial charge is 0.339 e. The predicted octanol–water partition coefficient (Wildman–Crippen LogP) is 3.18. The van der Waals surface area contributed by atoms with Crippen molar-refractivity contribution in [2.75, 3.05) is 13.1 Å². The van der Waals surface area contributed by atoms with E-state index in [0.29, 0.717) is 19.1 Å². The molecule has 27 heavy (non-hydrogen) atoms. The number of thiophene rings is 1. The SMILES string of the molecule is Cn1nc(C2CCN(C(=O)/C=C/c3cccs3)CC2)n(C2CCCC2)c1=O. The summed E-state index contributed by atoms with van der Waals surface area (Å²) in [5.74, 6) is 1.25. The molecule has 1 aliphatic heterocycles. The van der Waals surface area contributed by atoms with Gasteiger partial charge >= 0.3 is 5.69 Å². The van der Waals surface area contributed by atoms with Crippen molar-refractivity contribution < 1.29 is 4.79 Å². The maximum absolute atomic E-state index is 12.6. The van der Waals surface area contributed by atoms with Gasteiger partial charge in [-0.1, -0.05) is 18.9 Å². The number of carbonyl (C=O) groups excluding carboxylic acids is 1. The molecular formula is C20H26N4O2S. The standard InChI is InChI=1S/C20H26N4O2S/c1-22-20(26)24(16-5-2-3-6-16)19(21-22)15-10-12-23(13-11-15)18(25)9-8-17-7-4-14-27-17/h4,7-9,14-16H,2-3,5-6,10-13H2,1H3/b9-8+. The first-order chi connectivity index (χ1) is 13.1. The van der Waals surface area contributed by atoms with Gasteiger partial charge in [0, 0.05) is 43.1 Å². The van der Waals surface area contributed by atoms with Gasteiger partial charge in [0.1, 0.15) is 5.82 Å². The Morgan fingerprint density at radius 3 is 2.63 bits per heavy atom. The van der Waals surface area contributed by atoms with E-state index in [4.69, 9.17) is 0 Å². The summed E-state index contributed by atoms with van der Waals surface area (Å²) in [6.07, 6.45) is 9.80. The Kier molecular flexibility index (Phi) is 5.29. The fraction of sp³-hybridized carbons (Fsp3) is 0.550. The predicted molar refractivity (Wildman–Crippen MR) is 107 cm³/mol. The lowest BCUT2D eigenvalue weighted by molar-refractivity contribution is -0.127. The molecule has 2 fully saturated rings. The van der Waals surface area contributed by atoms with E-state index in [2.05, 4.69) is 5.10 Å². The molecule has 0 bridgehead atoms. The molecule has 144 valence electrons. The Bertz CT molecular complexity index is 866. The zero-order valence-corrected chi connectivity index (χ0v) is 16.5. The summed E-state index contributed by atoms with van der Waals surface area (Å²) in [5.41, 5.74) is 0.00860. The van der Waals surface area contributed by atoms with Crippen molar-refractivity contribution in [2.24, 2.45) is 7.05 Å². The van der Waals surface area contributed by atoms with Crippen LogP contribution in [0.1, 0.15) is 61.2 Å². The third-order valence-electron chi connectivity index (χ3n) is 5.78. The van der Waals surface area contributed by atoms with Gasteiger partial charge in [-0.2, -0.15) is 5.10 Å². The van der Waals surface area contributed by atoms with Crippen LogP contribution in [0.4, 0.5) is 0 Å². The van der Waals surface area contributed by atoms with E-state index in [1.54, 1.807) is 24.5 Å². The molecule has 1 saturated heterocycles. The van der Waals surface area contributed by atoms with E-state index >= 15 is 0 Å². The fourth-order valence-corrected chi connectivity index (χ4v) is 4.90. The quantitative estimate of drug-likeness (QED) is 0.758. The Morgan fingerprint density at radius 2 is 1.96 bits per heavy atom. The van der Waals surface area contributed by atoms with Crippen LogP contribution in [-0.4, -0.2) is 38.2 Å². The Labute approximate surface area is 163 Å². The van der Waals surface area contributed by atoms with Gasteiger partial charge in [0.25, 0.3) is 0 Å². The zero-order valence-electron chi connectivity index (χ0n) is 15.7. The van der Waals surface area contributed by atoms with E-state index < -0.39 is 0 Å². The summed E-state index contributed by atoms with van der Waals surface area (Å²) < 4.78 is 3.43. The zero-order chi connectivity index (χ0) is 18.8. The van der Waals surface area contributed by atoms with E-state index in [0.717, 1.165) is 36.4 Å². The summed E-state index contributed by atoms with van der Waals surface area (Å²) in [5, 5.41) is 6.58. The molecule has 7 heteroatoms. The van der Waals surface area contributed by atoms with Crippen LogP contribution in [0.3, 0.4) is 0 Å². The molecule has 1 saturated carbocycles. The minimum absolute atomic E-state index is 0.00860. The molecular weight excluding hydrogens is 360 g/mol. The highest BCUT2D eigenvalue weighted by Gasteiger charge is 2.31. The molecule has 0 aromatic carbocycles. The van der Waals surface area contributed by atoms with Crippen molar-refractivity contribution in [1.29, 1.82) is 0 Å². The van der Waals surface area contributed by atoms with E-state index in [1.165, 1.54) is 17.5 Å². The summed E-state index contributed by atoms with van der Waals surface area (Å²) >= 11 is 1.63. The van der Waals surface area contributed by atoms with Crippen LogP contribution in [0.15, 0.2) is 28.4 Å². The normalized spacial score (nSPS) is 19.4. The van der Waals surface area contributed by atoms with E-state index in [1.807, 2.05) is 33.1 Å². The summed E-state index contributed by atoms with van der Waals surface area (Å²) in [6, 6.07) is 4.29. The molecule has 0 radical (unpaired) electrons. The number of rotatable bonds is 4. The van der Waals surface area contributed by atoms with Crippen LogP contribution in [0.2, 0.25) is 0 Å². The maximum atomic E-state index is 12.6. The minimum atomic E-state index is 0.00860. The first kappa shape index (κ1) is 18.2. The van der Waals surface area contributed by atoms with Gasteiger partial charge in [-0.05, 0) is 43.2 Å². The lowest BCUT2D eigenvalue weighted by Gasteiger charge is -2.31. The average Bonchev–Trinajstić information content (AvgIpc) is 3.43. The summed E-state index contributed by atoms with van der Waals surface area (Å²) in [6.45, 7) is 1.43.